The predicted octanol–water partition coefficient (Wildman–Crippen LogP) is 19.1. The molecule has 2 atom stereocenters. The lowest BCUT2D eigenvalue weighted by Gasteiger charge is -2.19. The first-order valence-electron chi connectivity index (χ1n) is 28.6. The van der Waals surface area contributed by atoms with Crippen molar-refractivity contribution in [1.29, 1.82) is 0 Å². The summed E-state index contributed by atoms with van der Waals surface area (Å²) in [4.78, 5) is 12.5. The van der Waals surface area contributed by atoms with Gasteiger partial charge in [-0.3, -0.25) is 4.79 Å². The van der Waals surface area contributed by atoms with Crippen LogP contribution in [0.5, 0.6) is 0 Å². The molecule has 0 aromatic heterocycles. The molecule has 0 radical (unpaired) electrons. The summed E-state index contributed by atoms with van der Waals surface area (Å²) in [6, 6.07) is -0.667. The predicted molar refractivity (Wildman–Crippen MR) is 299 cm³/mol. The number of aliphatic hydroxyl groups is 2. The van der Waals surface area contributed by atoms with Crippen LogP contribution in [0.25, 0.3) is 0 Å². The van der Waals surface area contributed by atoms with Gasteiger partial charge in [0.25, 0.3) is 0 Å². The molecule has 0 bridgehead atoms. The summed E-state index contributed by atoms with van der Waals surface area (Å²) >= 11 is 0. The summed E-state index contributed by atoms with van der Waals surface area (Å²) in [5, 5.41) is 23.1. The van der Waals surface area contributed by atoms with Gasteiger partial charge in [0.1, 0.15) is 0 Å². The molecule has 0 aliphatic carbocycles. The lowest BCUT2D eigenvalue weighted by atomic mass is 10.0. The van der Waals surface area contributed by atoms with Crippen LogP contribution >= 0.6 is 0 Å². The third kappa shape index (κ3) is 53.9. The van der Waals surface area contributed by atoms with E-state index < -0.39 is 12.1 Å². The molecule has 0 aromatic rings. The Morgan fingerprint density at radius 2 is 0.672 bits per heavy atom. The van der Waals surface area contributed by atoms with E-state index in [-0.39, 0.29) is 12.5 Å². The Labute approximate surface area is 416 Å². The molecular weight excluding hydrogens is 819 g/mol. The highest BCUT2D eigenvalue weighted by atomic mass is 16.3. The summed E-state index contributed by atoms with van der Waals surface area (Å²) in [5.41, 5.74) is 0. The maximum atomic E-state index is 12.5. The quantitative estimate of drug-likeness (QED) is 0.0420. The molecule has 1 amide bonds. The van der Waals surface area contributed by atoms with Crippen LogP contribution in [-0.4, -0.2) is 34.9 Å². The van der Waals surface area contributed by atoms with Gasteiger partial charge in [0.2, 0.25) is 5.91 Å². The molecule has 0 aliphatic rings. The molecule has 3 N–H and O–H groups in total. The number of allylic oxidation sites excluding steroid dienone is 17. The maximum Gasteiger partial charge on any atom is 0.220 e. The summed E-state index contributed by atoms with van der Waals surface area (Å²) in [5.74, 6) is -0.108. The van der Waals surface area contributed by atoms with Crippen LogP contribution in [0.15, 0.2) is 109 Å². The topological polar surface area (TPSA) is 69.6 Å². The summed E-state index contributed by atoms with van der Waals surface area (Å²) in [6.07, 6.45) is 86.8. The minimum absolute atomic E-state index is 0.108. The minimum Gasteiger partial charge on any atom is -0.394 e. The Bertz CT molecular complexity index is 1280. The van der Waals surface area contributed by atoms with Gasteiger partial charge in [0, 0.05) is 6.42 Å². The number of hydrogen-bond donors (Lipinski definition) is 3. The zero-order valence-corrected chi connectivity index (χ0v) is 44.1. The van der Waals surface area contributed by atoms with Crippen molar-refractivity contribution in [2.24, 2.45) is 0 Å². The van der Waals surface area contributed by atoms with E-state index in [2.05, 4.69) is 116 Å². The van der Waals surface area contributed by atoms with Crippen molar-refractivity contribution >= 4 is 5.91 Å². The van der Waals surface area contributed by atoms with Gasteiger partial charge >= 0.3 is 0 Å². The Morgan fingerprint density at radius 3 is 1.04 bits per heavy atom. The molecule has 4 heteroatoms. The fraction of sp³-hybridized carbons (Fsp3) is 0.698. The Kier molecular flexibility index (Phi) is 54.8. The number of hydrogen-bond acceptors (Lipinski definition) is 3. The van der Waals surface area contributed by atoms with Gasteiger partial charge < -0.3 is 15.5 Å². The van der Waals surface area contributed by atoms with Gasteiger partial charge in [-0.25, -0.2) is 0 Å². The van der Waals surface area contributed by atoms with Crippen molar-refractivity contribution in [2.45, 2.75) is 276 Å². The van der Waals surface area contributed by atoms with E-state index in [1.807, 2.05) is 6.08 Å². The van der Waals surface area contributed by atoms with Crippen LogP contribution < -0.4 is 5.32 Å². The van der Waals surface area contributed by atoms with Crippen molar-refractivity contribution in [1.82, 2.24) is 5.32 Å². The SMILES string of the molecule is CC/C=C\C/C=C\C/C=C\C/C=C\C/C=C\C/C=C\C/C=C\CCCCCC(=O)NC(CO)C(O)/C=C/CC/C=C/CCCCCCCCCCCCCCCCCCCCCCCCCC. The monoisotopic (exact) mass is 928 g/mol. The van der Waals surface area contributed by atoms with Crippen LogP contribution in [0.2, 0.25) is 0 Å². The van der Waals surface area contributed by atoms with Gasteiger partial charge in [-0.2, -0.15) is 0 Å². The van der Waals surface area contributed by atoms with Crippen LogP contribution in [0.4, 0.5) is 0 Å². The van der Waals surface area contributed by atoms with E-state index in [1.165, 1.54) is 154 Å². The first-order valence-corrected chi connectivity index (χ1v) is 28.6. The maximum absolute atomic E-state index is 12.5. The number of unbranched alkanes of at least 4 members (excludes halogenated alkanes) is 28. The molecule has 0 saturated heterocycles. The van der Waals surface area contributed by atoms with Crippen LogP contribution in [0.1, 0.15) is 264 Å². The van der Waals surface area contributed by atoms with E-state index in [9.17, 15) is 15.0 Å². The number of carbonyl (C=O) groups excluding carboxylic acids is 1. The smallest absolute Gasteiger partial charge is 0.220 e. The van der Waals surface area contributed by atoms with E-state index >= 15 is 0 Å². The van der Waals surface area contributed by atoms with Gasteiger partial charge in [0.15, 0.2) is 0 Å². The standard InChI is InChI=1S/C63H109NO3/c1-3-5-7-9-11-13-15-17-19-21-23-25-27-29-30-31-32-33-35-36-38-40-42-44-46-48-50-52-54-56-58-62(66)61(60-65)64-63(67)59-57-55-53-51-49-47-45-43-41-39-37-34-28-26-24-22-20-18-16-14-12-10-8-6-4-2/h6,8,12,14,18,20,24,26,34,37,41,43,47-50,56,58,61-62,65-66H,3-5,7,9-11,13,15-17,19,21-23,25,27-33,35-36,38-40,42,44-46,51-55,57,59-60H2,1-2H3,(H,64,67)/b8-6-,14-12-,20-18-,26-24-,37-34-,43-41-,49-47-,50-48+,58-56+. The van der Waals surface area contributed by atoms with E-state index in [0.717, 1.165) is 89.9 Å². The van der Waals surface area contributed by atoms with E-state index in [1.54, 1.807) is 6.08 Å². The molecule has 2 unspecified atom stereocenters. The number of carbonyl (C=O) groups is 1. The van der Waals surface area contributed by atoms with Gasteiger partial charge in [-0.15, -0.1) is 0 Å². The molecule has 67 heavy (non-hydrogen) atoms. The Morgan fingerprint density at radius 1 is 0.373 bits per heavy atom. The van der Waals surface area contributed by atoms with Gasteiger partial charge in [-0.1, -0.05) is 277 Å². The second kappa shape index (κ2) is 57.4. The molecule has 0 aliphatic heterocycles. The third-order valence-corrected chi connectivity index (χ3v) is 12.5. The molecule has 0 heterocycles. The summed E-state index contributed by atoms with van der Waals surface area (Å²) < 4.78 is 0. The minimum atomic E-state index is -0.886. The Balaban J connectivity index is 3.63. The second-order valence-corrected chi connectivity index (χ2v) is 19.0. The van der Waals surface area contributed by atoms with Crippen LogP contribution in [-0.2, 0) is 4.79 Å². The third-order valence-electron chi connectivity index (χ3n) is 12.5. The fourth-order valence-corrected chi connectivity index (χ4v) is 8.18. The van der Waals surface area contributed by atoms with Crippen molar-refractivity contribution in [3.8, 4) is 0 Å². The summed E-state index contributed by atoms with van der Waals surface area (Å²) in [6.45, 7) is 4.18. The van der Waals surface area contributed by atoms with Crippen molar-refractivity contribution < 1.29 is 15.0 Å². The molecule has 384 valence electrons. The lowest BCUT2D eigenvalue weighted by Crippen LogP contribution is -2.45. The number of rotatable bonds is 51. The average molecular weight is 929 g/mol. The molecule has 0 fully saturated rings. The zero-order chi connectivity index (χ0) is 48.5. The highest BCUT2D eigenvalue weighted by molar-refractivity contribution is 5.76. The van der Waals surface area contributed by atoms with Gasteiger partial charge in [-0.05, 0) is 89.9 Å². The zero-order valence-electron chi connectivity index (χ0n) is 44.1. The normalized spacial score (nSPS) is 13.7. The molecule has 0 rings (SSSR count). The van der Waals surface area contributed by atoms with E-state index in [4.69, 9.17) is 0 Å². The molecular formula is C63H109NO3. The average Bonchev–Trinajstić information content (AvgIpc) is 3.33. The molecule has 4 nitrogen and oxygen atoms in total. The highest BCUT2D eigenvalue weighted by Crippen LogP contribution is 2.16. The molecule has 0 spiro atoms. The van der Waals surface area contributed by atoms with E-state index in [0.29, 0.717) is 6.42 Å². The first-order chi connectivity index (χ1) is 33.2. The lowest BCUT2D eigenvalue weighted by molar-refractivity contribution is -0.123. The van der Waals surface area contributed by atoms with Gasteiger partial charge in [0.05, 0.1) is 18.8 Å². The largest absolute Gasteiger partial charge is 0.394 e. The fourth-order valence-electron chi connectivity index (χ4n) is 8.18. The summed E-state index contributed by atoms with van der Waals surface area (Å²) in [7, 11) is 0. The van der Waals surface area contributed by atoms with Crippen molar-refractivity contribution in [3.63, 3.8) is 0 Å². The second-order valence-electron chi connectivity index (χ2n) is 19.0. The van der Waals surface area contributed by atoms with Crippen molar-refractivity contribution in [3.05, 3.63) is 109 Å². The first kappa shape index (κ1) is 64.0. The highest BCUT2D eigenvalue weighted by Gasteiger charge is 2.17. The molecule has 0 saturated carbocycles. The number of amides is 1. The van der Waals surface area contributed by atoms with Crippen molar-refractivity contribution in [2.75, 3.05) is 6.61 Å². The number of nitrogens with one attached hydrogen (secondary N) is 1. The number of aliphatic hydroxyl groups excluding tert-OH is 2. The van der Waals surface area contributed by atoms with Crippen LogP contribution in [0.3, 0.4) is 0 Å². The molecule has 0 aromatic carbocycles. The van der Waals surface area contributed by atoms with Crippen LogP contribution in [0, 0.1) is 0 Å². The Hall–Kier alpha value is -2.95.